The molecule has 0 bridgehead atoms. The van der Waals surface area contributed by atoms with E-state index in [1.807, 2.05) is 20.8 Å². The number of hydrogen-bond donors (Lipinski definition) is 1. The van der Waals surface area contributed by atoms with Crippen molar-refractivity contribution in [3.8, 4) is 0 Å². The lowest BCUT2D eigenvalue weighted by Gasteiger charge is -2.21. The molecule has 1 atom stereocenters. The molecule has 2 N–H and O–H groups in total. The van der Waals surface area contributed by atoms with Crippen molar-refractivity contribution in [1.82, 2.24) is 0 Å². The summed E-state index contributed by atoms with van der Waals surface area (Å²) in [6, 6.07) is -0.582. The lowest BCUT2D eigenvalue weighted by atomic mass is 10.1. The molecule has 0 aromatic rings. The second-order valence-corrected chi connectivity index (χ2v) is 3.66. The van der Waals surface area contributed by atoms with Gasteiger partial charge >= 0.3 is 5.97 Å². The molecule has 0 radical (unpaired) electrons. The van der Waals surface area contributed by atoms with E-state index in [1.54, 1.807) is 6.08 Å². The number of carbonyl (C=O) groups excluding carboxylic acids is 1. The molecule has 1 unspecified atom stereocenters. The molecule has 0 saturated carbocycles. The lowest BCUT2D eigenvalue weighted by molar-refractivity contribution is -0.156. The van der Waals surface area contributed by atoms with E-state index in [1.165, 1.54) is 0 Å². The minimum atomic E-state index is -0.582. The fourth-order valence-corrected chi connectivity index (χ4v) is 0.653. The maximum atomic E-state index is 11.2. The van der Waals surface area contributed by atoms with Crippen LogP contribution >= 0.6 is 0 Å². The minimum Gasteiger partial charge on any atom is -0.459 e. The zero-order valence-electron chi connectivity index (χ0n) is 7.96. The van der Waals surface area contributed by atoms with Crippen molar-refractivity contribution in [3.63, 3.8) is 0 Å². The number of rotatable bonds is 3. The van der Waals surface area contributed by atoms with Gasteiger partial charge in [0.25, 0.3) is 0 Å². The molecule has 0 saturated heterocycles. The quantitative estimate of drug-likeness (QED) is 0.513. The summed E-state index contributed by atoms with van der Waals surface area (Å²) in [7, 11) is 0. The Morgan fingerprint density at radius 2 is 2.17 bits per heavy atom. The fraction of sp³-hybridized carbons (Fsp3) is 0.667. The van der Waals surface area contributed by atoms with Crippen LogP contribution in [0.2, 0.25) is 0 Å². The number of carbonyl (C=O) groups is 1. The van der Waals surface area contributed by atoms with Crippen molar-refractivity contribution in [2.75, 3.05) is 0 Å². The summed E-state index contributed by atoms with van der Waals surface area (Å²) in [6.45, 7) is 8.92. The van der Waals surface area contributed by atoms with Crippen LogP contribution in [0.4, 0.5) is 0 Å². The fourth-order valence-electron chi connectivity index (χ4n) is 0.653. The van der Waals surface area contributed by atoms with Gasteiger partial charge < -0.3 is 10.5 Å². The first-order valence-corrected chi connectivity index (χ1v) is 3.96. The SMILES string of the molecule is C=CCC(N)C(=O)OC(C)(C)C. The van der Waals surface area contributed by atoms with Crippen molar-refractivity contribution >= 4 is 5.97 Å². The van der Waals surface area contributed by atoms with Crippen LogP contribution in [0.1, 0.15) is 27.2 Å². The Balaban J connectivity index is 3.95. The summed E-state index contributed by atoms with van der Waals surface area (Å²) in [5, 5.41) is 0. The van der Waals surface area contributed by atoms with E-state index < -0.39 is 11.6 Å². The molecule has 3 nitrogen and oxygen atoms in total. The first kappa shape index (κ1) is 11.2. The Morgan fingerprint density at radius 3 is 2.50 bits per heavy atom. The second kappa shape index (κ2) is 4.26. The van der Waals surface area contributed by atoms with Crippen LogP contribution in [-0.4, -0.2) is 17.6 Å². The lowest BCUT2D eigenvalue weighted by Crippen LogP contribution is -2.36. The predicted molar refractivity (Wildman–Crippen MR) is 48.6 cm³/mol. The molecule has 3 heteroatoms. The highest BCUT2D eigenvalue weighted by atomic mass is 16.6. The van der Waals surface area contributed by atoms with Gasteiger partial charge in [-0.05, 0) is 27.2 Å². The predicted octanol–water partition coefficient (Wildman–Crippen LogP) is 1.23. The molecular formula is C9H17NO2. The third-order valence-corrected chi connectivity index (χ3v) is 1.13. The third-order valence-electron chi connectivity index (χ3n) is 1.13. The average molecular weight is 171 g/mol. The molecule has 0 rings (SSSR count). The third kappa shape index (κ3) is 4.91. The number of hydrogen-bond acceptors (Lipinski definition) is 3. The van der Waals surface area contributed by atoms with E-state index in [4.69, 9.17) is 10.5 Å². The van der Waals surface area contributed by atoms with Gasteiger partial charge in [0.1, 0.15) is 11.6 Å². The molecule has 0 fully saturated rings. The van der Waals surface area contributed by atoms with Crippen molar-refractivity contribution in [3.05, 3.63) is 12.7 Å². The summed E-state index contributed by atoms with van der Waals surface area (Å²) >= 11 is 0. The van der Waals surface area contributed by atoms with Crippen LogP contribution < -0.4 is 5.73 Å². The molecule has 0 heterocycles. The zero-order valence-corrected chi connectivity index (χ0v) is 7.96. The Bertz CT molecular complexity index is 170. The van der Waals surface area contributed by atoms with Crippen LogP contribution in [0.15, 0.2) is 12.7 Å². The average Bonchev–Trinajstić information content (AvgIpc) is 1.84. The molecule has 0 spiro atoms. The zero-order chi connectivity index (χ0) is 9.78. The molecular weight excluding hydrogens is 154 g/mol. The summed E-state index contributed by atoms with van der Waals surface area (Å²) in [4.78, 5) is 11.2. The number of ether oxygens (including phenoxy) is 1. The van der Waals surface area contributed by atoms with Gasteiger partial charge in [0.05, 0.1) is 0 Å². The van der Waals surface area contributed by atoms with Crippen molar-refractivity contribution in [2.45, 2.75) is 38.8 Å². The van der Waals surface area contributed by atoms with Crippen LogP contribution in [0.25, 0.3) is 0 Å². The number of esters is 1. The van der Waals surface area contributed by atoms with Gasteiger partial charge in [0, 0.05) is 0 Å². The Kier molecular flexibility index (Phi) is 3.96. The normalized spacial score (nSPS) is 13.7. The smallest absolute Gasteiger partial charge is 0.323 e. The first-order valence-electron chi connectivity index (χ1n) is 3.96. The summed E-state index contributed by atoms with van der Waals surface area (Å²) in [5.41, 5.74) is 5.03. The van der Waals surface area contributed by atoms with Gasteiger partial charge in [0.2, 0.25) is 0 Å². The maximum absolute atomic E-state index is 11.2. The molecule has 0 amide bonds. The second-order valence-electron chi connectivity index (χ2n) is 3.66. The highest BCUT2D eigenvalue weighted by Gasteiger charge is 2.20. The largest absolute Gasteiger partial charge is 0.459 e. The minimum absolute atomic E-state index is 0.373. The molecule has 0 aliphatic heterocycles. The maximum Gasteiger partial charge on any atom is 0.323 e. The summed E-state index contributed by atoms with van der Waals surface area (Å²) in [6.07, 6.45) is 2.06. The van der Waals surface area contributed by atoms with Crippen LogP contribution in [-0.2, 0) is 9.53 Å². The topological polar surface area (TPSA) is 52.3 Å². The van der Waals surface area contributed by atoms with Gasteiger partial charge in [-0.15, -0.1) is 6.58 Å². The molecule has 70 valence electrons. The van der Waals surface area contributed by atoms with Gasteiger partial charge in [0.15, 0.2) is 0 Å². The number of nitrogens with two attached hydrogens (primary N) is 1. The standard InChI is InChI=1S/C9H17NO2/c1-5-6-7(10)8(11)12-9(2,3)4/h5,7H,1,6,10H2,2-4H3. The van der Waals surface area contributed by atoms with Gasteiger partial charge in [-0.3, -0.25) is 4.79 Å². The Labute approximate surface area is 73.6 Å². The molecule has 0 aliphatic rings. The highest BCUT2D eigenvalue weighted by molar-refractivity contribution is 5.76. The van der Waals surface area contributed by atoms with Gasteiger partial charge in [-0.25, -0.2) is 0 Å². The van der Waals surface area contributed by atoms with Crippen molar-refractivity contribution < 1.29 is 9.53 Å². The molecule has 0 aromatic heterocycles. The Hall–Kier alpha value is -0.830. The molecule has 0 aromatic carbocycles. The van der Waals surface area contributed by atoms with Crippen molar-refractivity contribution in [2.24, 2.45) is 5.73 Å². The first-order chi connectivity index (χ1) is 5.37. The monoisotopic (exact) mass is 171 g/mol. The van der Waals surface area contributed by atoms with E-state index in [0.717, 1.165) is 0 Å². The summed E-state index contributed by atoms with van der Waals surface area (Å²) < 4.78 is 5.04. The van der Waals surface area contributed by atoms with Crippen LogP contribution in [0, 0.1) is 0 Å². The highest BCUT2D eigenvalue weighted by Crippen LogP contribution is 2.08. The van der Waals surface area contributed by atoms with Gasteiger partial charge in [-0.1, -0.05) is 6.08 Å². The molecule has 12 heavy (non-hydrogen) atoms. The van der Waals surface area contributed by atoms with Crippen LogP contribution in [0.3, 0.4) is 0 Å². The van der Waals surface area contributed by atoms with Crippen molar-refractivity contribution in [1.29, 1.82) is 0 Å². The van der Waals surface area contributed by atoms with E-state index in [0.29, 0.717) is 6.42 Å². The van der Waals surface area contributed by atoms with E-state index >= 15 is 0 Å². The van der Waals surface area contributed by atoms with Gasteiger partial charge in [-0.2, -0.15) is 0 Å². The van der Waals surface area contributed by atoms with E-state index in [2.05, 4.69) is 6.58 Å². The summed E-state index contributed by atoms with van der Waals surface area (Å²) in [5.74, 6) is -0.373. The molecule has 0 aliphatic carbocycles. The van der Waals surface area contributed by atoms with E-state index in [-0.39, 0.29) is 5.97 Å². The Morgan fingerprint density at radius 1 is 1.67 bits per heavy atom. The van der Waals surface area contributed by atoms with Crippen LogP contribution in [0.5, 0.6) is 0 Å². The van der Waals surface area contributed by atoms with E-state index in [9.17, 15) is 4.79 Å².